The molecule has 1 heterocycles. The Morgan fingerprint density at radius 3 is 2.74 bits per heavy atom. The van der Waals surface area contributed by atoms with Gasteiger partial charge in [-0.05, 0) is 31.6 Å². The van der Waals surface area contributed by atoms with Crippen molar-refractivity contribution in [2.45, 2.75) is 64.0 Å². The predicted octanol–water partition coefficient (Wildman–Crippen LogP) is 1.69. The Morgan fingerprint density at radius 2 is 2.09 bits per heavy atom. The van der Waals surface area contributed by atoms with Gasteiger partial charge in [-0.25, -0.2) is 4.79 Å². The van der Waals surface area contributed by atoms with Crippen LogP contribution in [0, 0.1) is 5.92 Å². The van der Waals surface area contributed by atoms with Gasteiger partial charge in [0.25, 0.3) is 0 Å². The highest BCUT2D eigenvalue weighted by Crippen LogP contribution is 2.26. The molecular formula is C16H29N5O2. The number of carbonyl (C=O) groups excluding carboxylic acids is 1. The SMILES string of the molecule is O=C(NCCCn1ccnn1)NC(CCO)C1CCCCCC1. The van der Waals surface area contributed by atoms with Crippen molar-refractivity contribution in [1.82, 2.24) is 25.6 Å². The van der Waals surface area contributed by atoms with E-state index in [1.54, 1.807) is 10.9 Å². The third-order valence-electron chi connectivity index (χ3n) is 4.55. The summed E-state index contributed by atoms with van der Waals surface area (Å²) in [4.78, 5) is 12.1. The Kier molecular flexibility index (Phi) is 7.86. The summed E-state index contributed by atoms with van der Waals surface area (Å²) in [6.45, 7) is 1.46. The van der Waals surface area contributed by atoms with E-state index in [0.717, 1.165) is 25.8 Å². The molecule has 0 bridgehead atoms. The van der Waals surface area contributed by atoms with Crippen LogP contribution in [0.25, 0.3) is 0 Å². The van der Waals surface area contributed by atoms with Crippen LogP contribution < -0.4 is 10.6 Å². The van der Waals surface area contributed by atoms with E-state index in [9.17, 15) is 9.90 Å². The quantitative estimate of drug-likeness (QED) is 0.501. The molecule has 3 N–H and O–H groups in total. The van der Waals surface area contributed by atoms with Crippen LogP contribution in [-0.4, -0.2) is 45.3 Å². The van der Waals surface area contributed by atoms with E-state index < -0.39 is 0 Å². The number of nitrogens with one attached hydrogen (secondary N) is 2. The summed E-state index contributed by atoms with van der Waals surface area (Å²) in [5.74, 6) is 0.491. The van der Waals surface area contributed by atoms with Gasteiger partial charge in [-0.15, -0.1) is 5.10 Å². The fourth-order valence-corrected chi connectivity index (χ4v) is 3.29. The second kappa shape index (κ2) is 10.2. The molecule has 7 nitrogen and oxygen atoms in total. The number of hydrogen-bond acceptors (Lipinski definition) is 4. The van der Waals surface area contributed by atoms with Crippen LogP contribution >= 0.6 is 0 Å². The summed E-state index contributed by atoms with van der Waals surface area (Å²) < 4.78 is 1.75. The summed E-state index contributed by atoms with van der Waals surface area (Å²) in [6, 6.07) is -0.0558. The van der Waals surface area contributed by atoms with Crippen molar-refractivity contribution in [3.63, 3.8) is 0 Å². The largest absolute Gasteiger partial charge is 0.396 e. The van der Waals surface area contributed by atoms with Crippen LogP contribution in [0.15, 0.2) is 12.4 Å². The number of aromatic nitrogens is 3. The first-order chi connectivity index (χ1) is 11.3. The molecule has 1 aromatic heterocycles. The third kappa shape index (κ3) is 6.56. The number of aryl methyl sites for hydroxylation is 1. The Bertz CT molecular complexity index is 430. The van der Waals surface area contributed by atoms with Crippen molar-refractivity contribution < 1.29 is 9.90 Å². The van der Waals surface area contributed by atoms with Gasteiger partial charge in [0.15, 0.2) is 0 Å². The Labute approximate surface area is 137 Å². The number of amides is 2. The standard InChI is InChI=1S/C16H29N5O2/c22-13-8-15(14-6-3-1-2-4-7-14)19-16(23)17-9-5-11-21-12-10-18-20-21/h10,12,14-15,22H,1-9,11,13H2,(H2,17,19,23). The zero-order valence-electron chi connectivity index (χ0n) is 13.8. The molecule has 7 heteroatoms. The second-order valence-electron chi connectivity index (χ2n) is 6.29. The van der Waals surface area contributed by atoms with Crippen LogP contribution in [-0.2, 0) is 6.54 Å². The first-order valence-corrected chi connectivity index (χ1v) is 8.79. The molecule has 2 rings (SSSR count). The van der Waals surface area contributed by atoms with Crippen LogP contribution in [0.2, 0.25) is 0 Å². The number of nitrogens with zero attached hydrogens (tertiary/aromatic N) is 3. The minimum Gasteiger partial charge on any atom is -0.396 e. The van der Waals surface area contributed by atoms with E-state index in [1.165, 1.54) is 25.7 Å². The monoisotopic (exact) mass is 323 g/mol. The van der Waals surface area contributed by atoms with E-state index in [1.807, 2.05) is 6.20 Å². The van der Waals surface area contributed by atoms with Crippen LogP contribution in [0.3, 0.4) is 0 Å². The molecule has 1 unspecified atom stereocenters. The average Bonchev–Trinajstić information content (AvgIpc) is 2.91. The van der Waals surface area contributed by atoms with Crippen molar-refractivity contribution in [2.24, 2.45) is 5.92 Å². The maximum absolute atomic E-state index is 12.1. The van der Waals surface area contributed by atoms with Crippen molar-refractivity contribution >= 4 is 6.03 Å². The van der Waals surface area contributed by atoms with Crippen molar-refractivity contribution in [3.05, 3.63) is 12.4 Å². The van der Waals surface area contributed by atoms with Gasteiger partial charge in [0, 0.05) is 31.9 Å². The molecule has 2 amide bonds. The molecule has 0 spiro atoms. The van der Waals surface area contributed by atoms with Gasteiger partial charge in [0.1, 0.15) is 0 Å². The number of carbonyl (C=O) groups is 1. The lowest BCUT2D eigenvalue weighted by molar-refractivity contribution is 0.207. The maximum atomic E-state index is 12.1. The zero-order valence-corrected chi connectivity index (χ0v) is 13.8. The van der Waals surface area contributed by atoms with E-state index in [0.29, 0.717) is 18.9 Å². The van der Waals surface area contributed by atoms with Crippen molar-refractivity contribution in [2.75, 3.05) is 13.2 Å². The predicted molar refractivity (Wildman–Crippen MR) is 87.9 cm³/mol. The van der Waals surface area contributed by atoms with Gasteiger partial charge in [-0.2, -0.15) is 0 Å². The number of hydrogen-bond donors (Lipinski definition) is 3. The lowest BCUT2D eigenvalue weighted by Crippen LogP contribution is -2.46. The number of aliphatic hydroxyl groups is 1. The van der Waals surface area contributed by atoms with Gasteiger partial charge in [0.05, 0.1) is 6.20 Å². The van der Waals surface area contributed by atoms with E-state index >= 15 is 0 Å². The number of rotatable bonds is 8. The Balaban J connectivity index is 1.69. The summed E-state index contributed by atoms with van der Waals surface area (Å²) in [6.07, 6.45) is 12.2. The highest BCUT2D eigenvalue weighted by atomic mass is 16.3. The molecule has 1 aliphatic carbocycles. The summed E-state index contributed by atoms with van der Waals surface area (Å²) >= 11 is 0. The maximum Gasteiger partial charge on any atom is 0.315 e. The smallest absolute Gasteiger partial charge is 0.315 e. The zero-order chi connectivity index (χ0) is 16.3. The molecule has 1 saturated carbocycles. The first kappa shape index (κ1) is 17.7. The first-order valence-electron chi connectivity index (χ1n) is 8.79. The molecule has 0 aromatic carbocycles. The molecule has 0 saturated heterocycles. The summed E-state index contributed by atoms with van der Waals surface area (Å²) in [5.41, 5.74) is 0. The van der Waals surface area contributed by atoms with Gasteiger partial charge in [-0.1, -0.05) is 30.9 Å². The van der Waals surface area contributed by atoms with Gasteiger partial charge >= 0.3 is 6.03 Å². The van der Waals surface area contributed by atoms with E-state index in [2.05, 4.69) is 20.9 Å². The Hall–Kier alpha value is -1.63. The van der Waals surface area contributed by atoms with Crippen LogP contribution in [0.1, 0.15) is 51.4 Å². The average molecular weight is 323 g/mol. The highest BCUT2D eigenvalue weighted by Gasteiger charge is 2.23. The van der Waals surface area contributed by atoms with E-state index in [4.69, 9.17) is 0 Å². The molecule has 0 radical (unpaired) electrons. The van der Waals surface area contributed by atoms with Gasteiger partial charge in [0.2, 0.25) is 0 Å². The summed E-state index contributed by atoms with van der Waals surface area (Å²) in [5, 5.41) is 22.9. The minimum absolute atomic E-state index is 0.0772. The fourth-order valence-electron chi connectivity index (χ4n) is 3.29. The number of urea groups is 1. The number of aliphatic hydroxyl groups excluding tert-OH is 1. The molecule has 23 heavy (non-hydrogen) atoms. The third-order valence-corrected chi connectivity index (χ3v) is 4.55. The second-order valence-corrected chi connectivity index (χ2v) is 6.29. The van der Waals surface area contributed by atoms with Gasteiger partial charge in [-0.3, -0.25) is 4.68 Å². The minimum atomic E-state index is -0.133. The molecule has 1 fully saturated rings. The molecular weight excluding hydrogens is 294 g/mol. The lowest BCUT2D eigenvalue weighted by Gasteiger charge is -2.26. The molecule has 1 aliphatic rings. The normalized spacial score (nSPS) is 17.4. The van der Waals surface area contributed by atoms with E-state index in [-0.39, 0.29) is 18.7 Å². The fraction of sp³-hybridized carbons (Fsp3) is 0.812. The topological polar surface area (TPSA) is 92.1 Å². The molecule has 0 aliphatic heterocycles. The lowest BCUT2D eigenvalue weighted by atomic mass is 9.90. The highest BCUT2D eigenvalue weighted by molar-refractivity contribution is 5.74. The summed E-state index contributed by atoms with van der Waals surface area (Å²) in [7, 11) is 0. The molecule has 1 atom stereocenters. The van der Waals surface area contributed by atoms with Crippen LogP contribution in [0.5, 0.6) is 0 Å². The molecule has 130 valence electrons. The molecule has 1 aromatic rings. The van der Waals surface area contributed by atoms with Gasteiger partial charge < -0.3 is 15.7 Å². The van der Waals surface area contributed by atoms with Crippen molar-refractivity contribution in [1.29, 1.82) is 0 Å². The Morgan fingerprint density at radius 1 is 1.30 bits per heavy atom. The van der Waals surface area contributed by atoms with Crippen molar-refractivity contribution in [3.8, 4) is 0 Å². The van der Waals surface area contributed by atoms with Crippen LogP contribution in [0.4, 0.5) is 4.79 Å².